The predicted molar refractivity (Wildman–Crippen MR) is 210 cm³/mol. The van der Waals surface area contributed by atoms with E-state index in [1.807, 2.05) is 6.07 Å². The molecule has 1 aliphatic rings. The summed E-state index contributed by atoms with van der Waals surface area (Å²) in [6, 6.07) is 58.3. The molecule has 0 bridgehead atoms. The summed E-state index contributed by atoms with van der Waals surface area (Å²) < 4.78 is 11.6. The van der Waals surface area contributed by atoms with Crippen molar-refractivity contribution >= 4 is 71.2 Å². The minimum Gasteiger partial charge on any atom is -0.455 e. The van der Waals surface area contributed by atoms with Crippen LogP contribution in [0, 0.1) is 0 Å². The van der Waals surface area contributed by atoms with E-state index in [-0.39, 0.29) is 12.3 Å². The highest BCUT2D eigenvalue weighted by Crippen LogP contribution is 2.45. The third-order valence-corrected chi connectivity index (χ3v) is 10.6. The van der Waals surface area contributed by atoms with Gasteiger partial charge in [0.25, 0.3) is 0 Å². The lowest BCUT2D eigenvalue weighted by molar-refractivity contribution is 0.350. The standard InChI is InChI=1S/C46H32N4O/c1-4-14-29(15-5-1)36-28-37(30-16-6-2-7-17-30)48-46(47-36)50-38-22-12-10-21-34(38)42-39(50)27-25-35-43-40(49(44(35)42)31-18-8-3-9-19-31)26-24-33-32-20-11-13-23-41(32)51-45(33)43/h1-28,36,46-48H. The molecule has 3 aromatic heterocycles. The summed E-state index contributed by atoms with van der Waals surface area (Å²) in [4.78, 5) is 0. The van der Waals surface area contributed by atoms with Gasteiger partial charge in [-0.05, 0) is 65.7 Å². The molecule has 2 N–H and O–H groups in total. The lowest BCUT2D eigenvalue weighted by Crippen LogP contribution is -2.43. The number of nitrogens with one attached hydrogen (secondary N) is 2. The van der Waals surface area contributed by atoms with E-state index >= 15 is 0 Å². The van der Waals surface area contributed by atoms with Crippen molar-refractivity contribution < 1.29 is 4.42 Å². The van der Waals surface area contributed by atoms with Gasteiger partial charge in [0.15, 0.2) is 6.29 Å². The molecule has 0 amide bonds. The Bertz CT molecular complexity index is 2970. The van der Waals surface area contributed by atoms with Gasteiger partial charge in [0.05, 0.1) is 33.5 Å². The van der Waals surface area contributed by atoms with Gasteiger partial charge in [0.2, 0.25) is 0 Å². The zero-order valence-corrected chi connectivity index (χ0v) is 27.6. The highest BCUT2D eigenvalue weighted by atomic mass is 16.3. The maximum atomic E-state index is 6.69. The van der Waals surface area contributed by atoms with Gasteiger partial charge in [-0.25, -0.2) is 0 Å². The Morgan fingerprint density at radius 3 is 2.00 bits per heavy atom. The van der Waals surface area contributed by atoms with Crippen LogP contribution in [0.15, 0.2) is 174 Å². The summed E-state index contributed by atoms with van der Waals surface area (Å²) >= 11 is 0. The fourth-order valence-electron chi connectivity index (χ4n) is 8.39. The summed E-state index contributed by atoms with van der Waals surface area (Å²) in [5, 5.41) is 14.9. The Morgan fingerprint density at radius 2 is 1.18 bits per heavy atom. The van der Waals surface area contributed by atoms with Crippen molar-refractivity contribution in [2.24, 2.45) is 0 Å². The number of nitrogens with zero attached hydrogens (tertiary/aromatic N) is 2. The van der Waals surface area contributed by atoms with Crippen LogP contribution in [0.25, 0.3) is 76.9 Å². The Balaban J connectivity index is 1.23. The number of benzene rings is 7. The van der Waals surface area contributed by atoms with Gasteiger partial charge in [-0.15, -0.1) is 0 Å². The van der Waals surface area contributed by atoms with Crippen molar-refractivity contribution in [1.29, 1.82) is 0 Å². The largest absolute Gasteiger partial charge is 0.455 e. The molecule has 0 saturated carbocycles. The molecule has 0 spiro atoms. The maximum Gasteiger partial charge on any atom is 0.160 e. The first-order chi connectivity index (χ1) is 25.3. The van der Waals surface area contributed by atoms with Crippen LogP contribution in [-0.2, 0) is 0 Å². The van der Waals surface area contributed by atoms with Crippen LogP contribution in [0.1, 0.15) is 23.5 Å². The molecule has 5 heteroatoms. The number of fused-ring (bicyclic) bond motifs is 11. The van der Waals surface area contributed by atoms with Crippen molar-refractivity contribution in [2.75, 3.05) is 0 Å². The molecule has 0 aliphatic carbocycles. The molecule has 2 atom stereocenters. The number of rotatable bonds is 4. The number of para-hydroxylation sites is 3. The summed E-state index contributed by atoms with van der Waals surface area (Å²) in [7, 11) is 0. The average molecular weight is 657 g/mol. The van der Waals surface area contributed by atoms with E-state index < -0.39 is 0 Å². The van der Waals surface area contributed by atoms with Gasteiger partial charge in [0.1, 0.15) is 11.2 Å². The van der Waals surface area contributed by atoms with E-state index in [9.17, 15) is 0 Å². The first-order valence-corrected chi connectivity index (χ1v) is 17.5. The molecule has 0 saturated heterocycles. The molecule has 10 aromatic rings. The third-order valence-electron chi connectivity index (χ3n) is 10.6. The zero-order chi connectivity index (χ0) is 33.5. The Kier molecular flexibility index (Phi) is 6.09. The molecule has 1 aliphatic heterocycles. The first kappa shape index (κ1) is 28.3. The molecule has 11 rings (SSSR count). The second-order valence-corrected chi connectivity index (χ2v) is 13.4. The summed E-state index contributed by atoms with van der Waals surface area (Å²) in [6.45, 7) is 0. The molecule has 2 unspecified atom stereocenters. The van der Waals surface area contributed by atoms with Crippen LogP contribution in [0.3, 0.4) is 0 Å². The van der Waals surface area contributed by atoms with Crippen molar-refractivity contribution in [1.82, 2.24) is 19.8 Å². The number of aromatic nitrogens is 2. The fourth-order valence-corrected chi connectivity index (χ4v) is 8.39. The van der Waals surface area contributed by atoms with Crippen molar-refractivity contribution in [3.05, 3.63) is 181 Å². The quantitative estimate of drug-likeness (QED) is 0.198. The molecule has 0 radical (unpaired) electrons. The van der Waals surface area contributed by atoms with Crippen LogP contribution >= 0.6 is 0 Å². The second kappa shape index (κ2) is 11.0. The lowest BCUT2D eigenvalue weighted by atomic mass is 10.0. The summed E-state index contributed by atoms with van der Waals surface area (Å²) in [5.74, 6) is 0. The van der Waals surface area contributed by atoms with E-state index in [1.54, 1.807) is 0 Å². The van der Waals surface area contributed by atoms with Crippen molar-refractivity contribution in [2.45, 2.75) is 12.3 Å². The summed E-state index contributed by atoms with van der Waals surface area (Å²) in [6.07, 6.45) is 2.07. The molecule has 51 heavy (non-hydrogen) atoms. The number of hydrogen-bond acceptors (Lipinski definition) is 3. The topological polar surface area (TPSA) is 47.1 Å². The zero-order valence-electron chi connectivity index (χ0n) is 27.6. The molecular weight excluding hydrogens is 625 g/mol. The molecule has 242 valence electrons. The van der Waals surface area contributed by atoms with E-state index in [2.05, 4.69) is 184 Å². The van der Waals surface area contributed by atoms with E-state index in [0.29, 0.717) is 0 Å². The van der Waals surface area contributed by atoms with Gasteiger partial charge >= 0.3 is 0 Å². The smallest absolute Gasteiger partial charge is 0.160 e. The van der Waals surface area contributed by atoms with Crippen LogP contribution in [0.2, 0.25) is 0 Å². The summed E-state index contributed by atoms with van der Waals surface area (Å²) in [5.41, 5.74) is 11.0. The van der Waals surface area contributed by atoms with Gasteiger partial charge in [-0.3, -0.25) is 5.32 Å². The van der Waals surface area contributed by atoms with Crippen LogP contribution < -0.4 is 10.6 Å². The third kappa shape index (κ3) is 4.19. The fraction of sp³-hybridized carbons (Fsp3) is 0.0435. The highest BCUT2D eigenvalue weighted by molar-refractivity contribution is 6.30. The van der Waals surface area contributed by atoms with Crippen LogP contribution in [0.5, 0.6) is 0 Å². The molecule has 0 fully saturated rings. The van der Waals surface area contributed by atoms with Gasteiger partial charge in [-0.1, -0.05) is 115 Å². The number of furan rings is 1. The lowest BCUT2D eigenvalue weighted by Gasteiger charge is -2.34. The predicted octanol–water partition coefficient (Wildman–Crippen LogP) is 11.2. The molecular formula is C46H32N4O. The maximum absolute atomic E-state index is 6.69. The molecule has 5 nitrogen and oxygen atoms in total. The van der Waals surface area contributed by atoms with Gasteiger partial charge in [-0.2, -0.15) is 0 Å². The molecule has 7 aromatic carbocycles. The van der Waals surface area contributed by atoms with Crippen LogP contribution in [0.4, 0.5) is 0 Å². The first-order valence-electron chi connectivity index (χ1n) is 17.5. The minimum atomic E-state index is -0.230. The highest BCUT2D eigenvalue weighted by Gasteiger charge is 2.29. The SMILES string of the molecule is C1=C(c2ccccc2)NC(n2c3ccccc3c3c4c(ccc32)c2c3oc5ccccc5c3ccc2n4-c2ccccc2)NC1c1ccccc1. The Hall–Kier alpha value is -6.56. The minimum absolute atomic E-state index is 0.00439. The Labute approximate surface area is 293 Å². The van der Waals surface area contributed by atoms with Gasteiger partial charge < -0.3 is 18.9 Å². The van der Waals surface area contributed by atoms with E-state index in [0.717, 1.165) is 60.8 Å². The van der Waals surface area contributed by atoms with Gasteiger partial charge in [0, 0.05) is 38.3 Å². The normalized spacial score (nSPS) is 16.4. The van der Waals surface area contributed by atoms with E-state index in [1.165, 1.54) is 27.2 Å². The van der Waals surface area contributed by atoms with E-state index in [4.69, 9.17) is 4.42 Å². The van der Waals surface area contributed by atoms with Crippen molar-refractivity contribution in [3.63, 3.8) is 0 Å². The Morgan fingerprint density at radius 1 is 0.510 bits per heavy atom. The van der Waals surface area contributed by atoms with Crippen molar-refractivity contribution in [3.8, 4) is 5.69 Å². The average Bonchev–Trinajstić information content (AvgIpc) is 3.86. The number of hydrogen-bond donors (Lipinski definition) is 2. The molecule has 4 heterocycles. The monoisotopic (exact) mass is 656 g/mol. The second-order valence-electron chi connectivity index (χ2n) is 13.4. The van der Waals surface area contributed by atoms with Crippen LogP contribution in [-0.4, -0.2) is 9.13 Å².